The number of benzene rings is 2. The number of amides is 2. The Morgan fingerprint density at radius 1 is 1.04 bits per heavy atom. The number of rotatable bonds is 3. The lowest BCUT2D eigenvalue weighted by Crippen LogP contribution is -2.34. The first-order chi connectivity index (χ1) is 10.9. The summed E-state index contributed by atoms with van der Waals surface area (Å²) in [6.07, 6.45) is 0. The van der Waals surface area contributed by atoms with Crippen LogP contribution >= 0.6 is 35.4 Å². The van der Waals surface area contributed by atoms with Gasteiger partial charge in [0.05, 0.1) is 21.8 Å². The lowest BCUT2D eigenvalue weighted by atomic mass is 10.1. The summed E-state index contributed by atoms with van der Waals surface area (Å²) in [5.74, 6) is -1.11. The molecular formula is C15H11Cl2N3O2S. The lowest BCUT2D eigenvalue weighted by Gasteiger charge is -2.12. The van der Waals surface area contributed by atoms with Crippen molar-refractivity contribution in [1.29, 1.82) is 0 Å². The Morgan fingerprint density at radius 2 is 1.74 bits per heavy atom. The van der Waals surface area contributed by atoms with Crippen LogP contribution in [0.15, 0.2) is 42.5 Å². The van der Waals surface area contributed by atoms with Crippen LogP contribution in [0.25, 0.3) is 0 Å². The van der Waals surface area contributed by atoms with Gasteiger partial charge in [-0.25, -0.2) is 0 Å². The van der Waals surface area contributed by atoms with Crippen LogP contribution in [0.2, 0.25) is 10.0 Å². The number of nitrogens with two attached hydrogens (primary N) is 1. The van der Waals surface area contributed by atoms with E-state index in [2.05, 4.69) is 10.6 Å². The molecule has 0 saturated heterocycles. The predicted octanol–water partition coefficient (Wildman–Crippen LogP) is 3.22. The second kappa shape index (κ2) is 7.41. The molecule has 4 N–H and O–H groups in total. The summed E-state index contributed by atoms with van der Waals surface area (Å²) in [6, 6.07) is 11.0. The van der Waals surface area contributed by atoms with Crippen molar-refractivity contribution >= 4 is 58.0 Å². The molecular weight excluding hydrogens is 357 g/mol. The van der Waals surface area contributed by atoms with Crippen LogP contribution in [0.4, 0.5) is 5.69 Å². The molecule has 8 heteroatoms. The molecule has 0 aliphatic heterocycles. The summed E-state index contributed by atoms with van der Waals surface area (Å²) in [6.45, 7) is 0. The highest BCUT2D eigenvalue weighted by molar-refractivity contribution is 7.80. The van der Waals surface area contributed by atoms with E-state index in [-0.39, 0.29) is 21.3 Å². The molecule has 0 aromatic heterocycles. The van der Waals surface area contributed by atoms with Gasteiger partial charge >= 0.3 is 0 Å². The second-order valence-electron chi connectivity index (χ2n) is 4.44. The molecule has 0 bridgehead atoms. The minimum absolute atomic E-state index is 0.00900. The summed E-state index contributed by atoms with van der Waals surface area (Å²) >= 11 is 16.8. The summed E-state index contributed by atoms with van der Waals surface area (Å²) in [5, 5.41) is 5.86. The molecule has 118 valence electrons. The number of para-hydroxylation sites is 1. The summed E-state index contributed by atoms with van der Waals surface area (Å²) < 4.78 is 0. The third kappa shape index (κ3) is 4.41. The molecule has 0 heterocycles. The van der Waals surface area contributed by atoms with Gasteiger partial charge in [-0.3, -0.25) is 14.9 Å². The first kappa shape index (κ1) is 17.2. The van der Waals surface area contributed by atoms with Crippen molar-refractivity contribution in [3.05, 3.63) is 63.6 Å². The van der Waals surface area contributed by atoms with Crippen LogP contribution in [-0.2, 0) is 0 Å². The van der Waals surface area contributed by atoms with E-state index in [0.717, 1.165) is 0 Å². The molecule has 2 aromatic rings. The summed E-state index contributed by atoms with van der Waals surface area (Å²) in [5.41, 5.74) is 6.16. The van der Waals surface area contributed by atoms with Gasteiger partial charge in [0, 0.05) is 5.02 Å². The Bertz CT molecular complexity index is 796. The number of thiocarbonyl (C=S) groups is 1. The SMILES string of the molecule is NC(=O)c1ccccc1NC(=S)NC(=O)c1ccc(Cl)cc1Cl. The molecule has 0 spiro atoms. The fraction of sp³-hybridized carbons (Fsp3) is 0. The topological polar surface area (TPSA) is 84.2 Å². The Morgan fingerprint density at radius 3 is 2.39 bits per heavy atom. The molecule has 0 fully saturated rings. The standard InChI is InChI=1S/C15H11Cl2N3O2S/c16-8-5-6-9(11(17)7-8)14(22)20-15(23)19-12-4-2-1-3-10(12)13(18)21/h1-7H,(H2,18,21)(H2,19,20,22,23). The number of nitrogens with one attached hydrogen (secondary N) is 2. The van der Waals surface area contributed by atoms with Crippen molar-refractivity contribution in [1.82, 2.24) is 5.32 Å². The highest BCUT2D eigenvalue weighted by Crippen LogP contribution is 2.21. The minimum atomic E-state index is -0.608. The Labute approximate surface area is 147 Å². The van der Waals surface area contributed by atoms with Crippen molar-refractivity contribution in [3.63, 3.8) is 0 Å². The van der Waals surface area contributed by atoms with Gasteiger partial charge in [-0.15, -0.1) is 0 Å². The second-order valence-corrected chi connectivity index (χ2v) is 5.69. The van der Waals surface area contributed by atoms with E-state index in [1.807, 2.05) is 0 Å². The maximum Gasteiger partial charge on any atom is 0.258 e. The fourth-order valence-corrected chi connectivity index (χ4v) is 2.50. The van der Waals surface area contributed by atoms with Crippen molar-refractivity contribution in [3.8, 4) is 0 Å². The molecule has 0 aliphatic carbocycles. The van der Waals surface area contributed by atoms with Gasteiger partial charge in [0.1, 0.15) is 0 Å². The van der Waals surface area contributed by atoms with E-state index in [1.54, 1.807) is 30.3 Å². The zero-order valence-corrected chi connectivity index (χ0v) is 13.9. The van der Waals surface area contributed by atoms with Crippen LogP contribution in [-0.4, -0.2) is 16.9 Å². The van der Waals surface area contributed by atoms with Crippen LogP contribution < -0.4 is 16.4 Å². The number of anilines is 1. The first-order valence-electron chi connectivity index (χ1n) is 6.34. The third-order valence-corrected chi connectivity index (χ3v) is 3.60. The number of primary amides is 1. The summed E-state index contributed by atoms with van der Waals surface area (Å²) in [4.78, 5) is 23.5. The molecule has 0 atom stereocenters. The van der Waals surface area contributed by atoms with E-state index in [0.29, 0.717) is 10.7 Å². The van der Waals surface area contributed by atoms with Gasteiger partial charge in [0.2, 0.25) is 0 Å². The normalized spacial score (nSPS) is 10.0. The average molecular weight is 368 g/mol. The van der Waals surface area contributed by atoms with Crippen molar-refractivity contribution in [2.45, 2.75) is 0 Å². The number of carbonyl (C=O) groups is 2. The number of carbonyl (C=O) groups excluding carboxylic acids is 2. The molecule has 0 aliphatic rings. The van der Waals surface area contributed by atoms with Crippen molar-refractivity contribution in [2.24, 2.45) is 5.73 Å². The molecule has 2 aromatic carbocycles. The van der Waals surface area contributed by atoms with Gasteiger partial charge < -0.3 is 11.1 Å². The van der Waals surface area contributed by atoms with E-state index in [9.17, 15) is 9.59 Å². The van der Waals surface area contributed by atoms with Gasteiger partial charge in [-0.2, -0.15) is 0 Å². The molecule has 23 heavy (non-hydrogen) atoms. The molecule has 5 nitrogen and oxygen atoms in total. The zero-order chi connectivity index (χ0) is 17.0. The van der Waals surface area contributed by atoms with Crippen molar-refractivity contribution < 1.29 is 9.59 Å². The van der Waals surface area contributed by atoms with Gasteiger partial charge in [-0.05, 0) is 42.5 Å². The highest BCUT2D eigenvalue weighted by Gasteiger charge is 2.14. The number of hydrogen-bond donors (Lipinski definition) is 3. The van der Waals surface area contributed by atoms with E-state index in [1.165, 1.54) is 12.1 Å². The monoisotopic (exact) mass is 367 g/mol. The van der Waals surface area contributed by atoms with Crippen LogP contribution in [0.3, 0.4) is 0 Å². The molecule has 0 saturated carbocycles. The van der Waals surface area contributed by atoms with Gasteiger partial charge in [0.25, 0.3) is 11.8 Å². The zero-order valence-electron chi connectivity index (χ0n) is 11.6. The summed E-state index contributed by atoms with van der Waals surface area (Å²) in [7, 11) is 0. The molecule has 2 amide bonds. The quantitative estimate of drug-likeness (QED) is 0.727. The number of halogens is 2. The van der Waals surface area contributed by atoms with Gasteiger partial charge in [0.15, 0.2) is 5.11 Å². The Balaban J connectivity index is 2.11. The number of hydrogen-bond acceptors (Lipinski definition) is 3. The van der Waals surface area contributed by atoms with E-state index < -0.39 is 11.8 Å². The lowest BCUT2D eigenvalue weighted by molar-refractivity contribution is 0.0975. The third-order valence-electron chi connectivity index (χ3n) is 2.84. The van der Waals surface area contributed by atoms with Crippen molar-refractivity contribution in [2.75, 3.05) is 5.32 Å². The van der Waals surface area contributed by atoms with E-state index >= 15 is 0 Å². The first-order valence-corrected chi connectivity index (χ1v) is 7.51. The van der Waals surface area contributed by atoms with Crippen LogP contribution in [0, 0.1) is 0 Å². The highest BCUT2D eigenvalue weighted by atomic mass is 35.5. The minimum Gasteiger partial charge on any atom is -0.366 e. The predicted molar refractivity (Wildman–Crippen MR) is 95.1 cm³/mol. The Hall–Kier alpha value is -2.15. The maximum absolute atomic E-state index is 12.1. The van der Waals surface area contributed by atoms with Gasteiger partial charge in [-0.1, -0.05) is 35.3 Å². The molecule has 0 unspecified atom stereocenters. The van der Waals surface area contributed by atoms with Crippen LogP contribution in [0.1, 0.15) is 20.7 Å². The maximum atomic E-state index is 12.1. The Kier molecular flexibility index (Phi) is 5.54. The fourth-order valence-electron chi connectivity index (χ4n) is 1.80. The molecule has 0 radical (unpaired) electrons. The smallest absolute Gasteiger partial charge is 0.258 e. The van der Waals surface area contributed by atoms with E-state index in [4.69, 9.17) is 41.2 Å². The molecule has 2 rings (SSSR count). The average Bonchev–Trinajstić information content (AvgIpc) is 2.47. The van der Waals surface area contributed by atoms with Crippen LogP contribution in [0.5, 0.6) is 0 Å². The largest absolute Gasteiger partial charge is 0.366 e.